The molecule has 1 atom stereocenters. The second-order valence-electron chi connectivity index (χ2n) is 4.78. The molecule has 1 fully saturated rings. The minimum Gasteiger partial charge on any atom is -0.484 e. The molecule has 2 aliphatic rings. The highest BCUT2D eigenvalue weighted by molar-refractivity contribution is 5.74. The number of anilines is 2. The van der Waals surface area contributed by atoms with E-state index in [0.717, 1.165) is 31.1 Å². The lowest BCUT2D eigenvalue weighted by Gasteiger charge is -2.37. The van der Waals surface area contributed by atoms with Gasteiger partial charge in [0.05, 0.1) is 11.4 Å². The maximum atomic E-state index is 5.94. The number of nitrogens with zero attached hydrogens (tertiary/aromatic N) is 1. The third-order valence-corrected chi connectivity index (χ3v) is 3.51. The van der Waals surface area contributed by atoms with Gasteiger partial charge < -0.3 is 25.4 Å². The number of hydrogen-bond acceptors (Lipinski definition) is 5. The van der Waals surface area contributed by atoms with Gasteiger partial charge in [-0.05, 0) is 19.1 Å². The van der Waals surface area contributed by atoms with Crippen LogP contribution in [0.3, 0.4) is 0 Å². The van der Waals surface area contributed by atoms with Crippen molar-refractivity contribution >= 4 is 11.4 Å². The van der Waals surface area contributed by atoms with Crippen molar-refractivity contribution in [3.63, 3.8) is 0 Å². The molecule has 98 valence electrons. The highest BCUT2D eigenvalue weighted by Gasteiger charge is 2.26. The van der Waals surface area contributed by atoms with Crippen LogP contribution in [0.5, 0.6) is 11.5 Å². The highest BCUT2D eigenvalue weighted by Crippen LogP contribution is 2.44. The van der Waals surface area contributed by atoms with Crippen molar-refractivity contribution in [1.29, 1.82) is 0 Å². The van der Waals surface area contributed by atoms with E-state index in [9.17, 15) is 0 Å². The zero-order chi connectivity index (χ0) is 12.5. The van der Waals surface area contributed by atoms with E-state index in [2.05, 4.69) is 17.1 Å². The van der Waals surface area contributed by atoms with Crippen LogP contribution < -0.4 is 25.4 Å². The Morgan fingerprint density at radius 2 is 2.06 bits per heavy atom. The van der Waals surface area contributed by atoms with Gasteiger partial charge in [0, 0.05) is 25.7 Å². The molecule has 5 nitrogen and oxygen atoms in total. The molecule has 0 saturated carbocycles. The van der Waals surface area contributed by atoms with Crippen LogP contribution in [-0.2, 0) is 0 Å². The van der Waals surface area contributed by atoms with E-state index in [1.165, 1.54) is 0 Å². The van der Waals surface area contributed by atoms with E-state index in [1.54, 1.807) is 0 Å². The van der Waals surface area contributed by atoms with E-state index in [0.29, 0.717) is 30.7 Å². The first-order chi connectivity index (χ1) is 8.77. The van der Waals surface area contributed by atoms with E-state index < -0.39 is 0 Å². The Bertz CT molecular complexity index is 450. The lowest BCUT2D eigenvalue weighted by Crippen LogP contribution is -2.50. The fourth-order valence-electron chi connectivity index (χ4n) is 2.57. The SMILES string of the molecule is CC1CNCCN1c1ccc(N)c2c1OCCO2. The summed E-state index contributed by atoms with van der Waals surface area (Å²) in [5, 5.41) is 3.39. The lowest BCUT2D eigenvalue weighted by atomic mass is 10.1. The third kappa shape index (κ3) is 1.84. The number of piperazine rings is 1. The van der Waals surface area contributed by atoms with Crippen molar-refractivity contribution < 1.29 is 9.47 Å². The molecule has 0 aliphatic carbocycles. The molecule has 18 heavy (non-hydrogen) atoms. The monoisotopic (exact) mass is 249 g/mol. The summed E-state index contributed by atoms with van der Waals surface area (Å²) in [6, 6.07) is 4.37. The molecule has 5 heteroatoms. The fourth-order valence-corrected chi connectivity index (χ4v) is 2.57. The number of rotatable bonds is 1. The summed E-state index contributed by atoms with van der Waals surface area (Å²) in [6.45, 7) is 6.31. The summed E-state index contributed by atoms with van der Waals surface area (Å²) in [5.74, 6) is 1.50. The van der Waals surface area contributed by atoms with Gasteiger partial charge in [0.25, 0.3) is 0 Å². The smallest absolute Gasteiger partial charge is 0.186 e. The normalized spacial score (nSPS) is 22.9. The summed E-state index contributed by atoms with van der Waals surface area (Å²) in [7, 11) is 0. The fraction of sp³-hybridized carbons (Fsp3) is 0.538. The Balaban J connectivity index is 2.01. The number of benzene rings is 1. The van der Waals surface area contributed by atoms with Gasteiger partial charge in [0.1, 0.15) is 13.2 Å². The van der Waals surface area contributed by atoms with Gasteiger partial charge in [-0.3, -0.25) is 0 Å². The summed E-state index contributed by atoms with van der Waals surface area (Å²) in [6.07, 6.45) is 0. The minimum atomic E-state index is 0.442. The van der Waals surface area contributed by atoms with Crippen LogP contribution in [0.1, 0.15) is 6.92 Å². The summed E-state index contributed by atoms with van der Waals surface area (Å²) in [4.78, 5) is 2.35. The quantitative estimate of drug-likeness (QED) is 0.722. The van der Waals surface area contributed by atoms with Gasteiger partial charge in [0.2, 0.25) is 0 Å². The maximum Gasteiger partial charge on any atom is 0.186 e. The van der Waals surface area contributed by atoms with Gasteiger partial charge in [-0.15, -0.1) is 0 Å². The Morgan fingerprint density at radius 1 is 1.28 bits per heavy atom. The molecule has 3 rings (SSSR count). The van der Waals surface area contributed by atoms with E-state index >= 15 is 0 Å². The molecular formula is C13H19N3O2. The van der Waals surface area contributed by atoms with Crippen LogP contribution in [0.4, 0.5) is 11.4 Å². The number of hydrogen-bond donors (Lipinski definition) is 2. The van der Waals surface area contributed by atoms with E-state index in [4.69, 9.17) is 15.2 Å². The number of nitrogen functional groups attached to an aromatic ring is 1. The van der Waals surface area contributed by atoms with Crippen molar-refractivity contribution in [2.24, 2.45) is 0 Å². The number of fused-ring (bicyclic) bond motifs is 1. The average Bonchev–Trinajstić information content (AvgIpc) is 2.41. The molecule has 0 amide bonds. The van der Waals surface area contributed by atoms with Gasteiger partial charge in [-0.1, -0.05) is 0 Å². The second-order valence-corrected chi connectivity index (χ2v) is 4.78. The van der Waals surface area contributed by atoms with E-state index in [1.807, 2.05) is 12.1 Å². The standard InChI is InChI=1S/C13H19N3O2/c1-9-8-15-4-5-16(9)11-3-2-10(14)12-13(11)18-7-6-17-12/h2-3,9,15H,4-8,14H2,1H3. The van der Waals surface area contributed by atoms with Crippen LogP contribution in [0.25, 0.3) is 0 Å². The second kappa shape index (κ2) is 4.57. The Hall–Kier alpha value is -1.62. The molecule has 1 unspecified atom stereocenters. The molecule has 0 bridgehead atoms. The molecule has 3 N–H and O–H groups in total. The first kappa shape index (κ1) is 11.5. The van der Waals surface area contributed by atoms with Gasteiger partial charge in [-0.2, -0.15) is 0 Å². The first-order valence-electron chi connectivity index (χ1n) is 6.43. The molecule has 1 aromatic rings. The number of ether oxygens (including phenoxy) is 2. The van der Waals surface area contributed by atoms with Crippen LogP contribution >= 0.6 is 0 Å². The summed E-state index contributed by atoms with van der Waals surface area (Å²) in [5.41, 5.74) is 7.68. The third-order valence-electron chi connectivity index (χ3n) is 3.51. The van der Waals surface area contributed by atoms with Gasteiger partial charge in [0.15, 0.2) is 11.5 Å². The molecular weight excluding hydrogens is 230 g/mol. The van der Waals surface area contributed by atoms with Crippen molar-refractivity contribution in [1.82, 2.24) is 5.32 Å². The zero-order valence-electron chi connectivity index (χ0n) is 10.6. The number of nitrogens with one attached hydrogen (secondary N) is 1. The van der Waals surface area contributed by atoms with Crippen molar-refractivity contribution in [3.8, 4) is 11.5 Å². The van der Waals surface area contributed by atoms with Crippen molar-refractivity contribution in [2.45, 2.75) is 13.0 Å². The highest BCUT2D eigenvalue weighted by atomic mass is 16.6. The van der Waals surface area contributed by atoms with Crippen LogP contribution in [-0.4, -0.2) is 38.9 Å². The van der Waals surface area contributed by atoms with E-state index in [-0.39, 0.29) is 0 Å². The first-order valence-corrected chi connectivity index (χ1v) is 6.43. The average molecular weight is 249 g/mol. The molecule has 2 heterocycles. The molecule has 1 aromatic carbocycles. The topological polar surface area (TPSA) is 59.8 Å². The Labute approximate surface area is 107 Å². The van der Waals surface area contributed by atoms with Crippen LogP contribution in [0.2, 0.25) is 0 Å². The number of nitrogens with two attached hydrogens (primary N) is 1. The van der Waals surface area contributed by atoms with Crippen LogP contribution in [0.15, 0.2) is 12.1 Å². The van der Waals surface area contributed by atoms with Gasteiger partial charge >= 0.3 is 0 Å². The van der Waals surface area contributed by atoms with Gasteiger partial charge in [-0.25, -0.2) is 0 Å². The molecule has 1 saturated heterocycles. The summed E-state index contributed by atoms with van der Waals surface area (Å²) < 4.78 is 11.4. The van der Waals surface area contributed by atoms with Crippen molar-refractivity contribution in [3.05, 3.63) is 12.1 Å². The molecule has 0 radical (unpaired) electrons. The lowest BCUT2D eigenvalue weighted by molar-refractivity contribution is 0.173. The van der Waals surface area contributed by atoms with Crippen LogP contribution in [0, 0.1) is 0 Å². The predicted octanol–water partition coefficient (Wildman–Crippen LogP) is 0.838. The maximum absolute atomic E-state index is 5.94. The Morgan fingerprint density at radius 3 is 2.83 bits per heavy atom. The molecule has 0 aromatic heterocycles. The Kier molecular flexibility index (Phi) is 2.91. The van der Waals surface area contributed by atoms with Crippen molar-refractivity contribution in [2.75, 3.05) is 43.5 Å². The predicted molar refractivity (Wildman–Crippen MR) is 71.5 cm³/mol. The summed E-state index contributed by atoms with van der Waals surface area (Å²) >= 11 is 0. The molecule has 0 spiro atoms. The zero-order valence-corrected chi connectivity index (χ0v) is 10.6. The largest absolute Gasteiger partial charge is 0.484 e. The molecule has 2 aliphatic heterocycles. The minimum absolute atomic E-state index is 0.442.